The fraction of sp³-hybridized carbons (Fsp3) is 0.200. The predicted molar refractivity (Wildman–Crippen MR) is 136 cm³/mol. The van der Waals surface area contributed by atoms with Crippen LogP contribution in [0, 0.1) is 0 Å². The van der Waals surface area contributed by atoms with E-state index in [4.69, 9.17) is 21.6 Å². The zero-order valence-corrected chi connectivity index (χ0v) is 19.9. The van der Waals surface area contributed by atoms with Gasteiger partial charge in [0, 0.05) is 42.2 Å². The molecule has 0 amide bonds. The van der Waals surface area contributed by atoms with E-state index >= 15 is 0 Å². The smallest absolute Gasteiger partial charge is 0.174 e. The van der Waals surface area contributed by atoms with Gasteiger partial charge in [-0.25, -0.2) is 9.97 Å². The Bertz CT molecular complexity index is 1240. The molecule has 2 heterocycles. The number of piperazine rings is 1. The summed E-state index contributed by atoms with van der Waals surface area (Å²) < 4.78 is 0.993. The van der Waals surface area contributed by atoms with Gasteiger partial charge in [-0.2, -0.15) is 0 Å². The third-order valence-electron chi connectivity index (χ3n) is 5.65. The molecule has 5 nitrogen and oxygen atoms in total. The second kappa shape index (κ2) is 9.45. The number of anilines is 3. The highest BCUT2D eigenvalue weighted by atomic mass is 79.9. The summed E-state index contributed by atoms with van der Waals surface area (Å²) in [5.41, 5.74) is 4.00. The Balaban J connectivity index is 1.39. The van der Waals surface area contributed by atoms with Crippen LogP contribution < -0.4 is 10.2 Å². The average molecular weight is 509 g/mol. The van der Waals surface area contributed by atoms with Crippen LogP contribution in [0.15, 0.2) is 77.3 Å². The summed E-state index contributed by atoms with van der Waals surface area (Å²) in [7, 11) is 0. The minimum atomic E-state index is 0.777. The first kappa shape index (κ1) is 21.2. The van der Waals surface area contributed by atoms with Crippen LogP contribution in [0.25, 0.3) is 11.0 Å². The van der Waals surface area contributed by atoms with E-state index < -0.39 is 0 Å². The number of para-hydroxylation sites is 3. The third kappa shape index (κ3) is 4.72. The molecule has 1 aliphatic heterocycles. The highest BCUT2D eigenvalue weighted by Gasteiger charge is 2.22. The molecule has 0 bridgehead atoms. The van der Waals surface area contributed by atoms with Gasteiger partial charge in [-0.3, -0.25) is 4.90 Å². The van der Waals surface area contributed by atoms with Gasteiger partial charge in [-0.15, -0.1) is 0 Å². The highest BCUT2D eigenvalue weighted by Crippen LogP contribution is 2.31. The molecule has 0 aliphatic carbocycles. The van der Waals surface area contributed by atoms with E-state index in [-0.39, 0.29) is 0 Å². The number of hydrogen-bond acceptors (Lipinski definition) is 5. The van der Waals surface area contributed by atoms with Crippen molar-refractivity contribution in [1.82, 2.24) is 14.9 Å². The molecular weight excluding hydrogens is 486 g/mol. The zero-order valence-electron chi connectivity index (χ0n) is 17.5. The van der Waals surface area contributed by atoms with E-state index in [9.17, 15) is 0 Å². The van der Waals surface area contributed by atoms with Crippen LogP contribution in [-0.4, -0.2) is 41.0 Å². The summed E-state index contributed by atoms with van der Waals surface area (Å²) in [6.45, 7) is 4.58. The van der Waals surface area contributed by atoms with E-state index in [2.05, 4.69) is 37.1 Å². The maximum atomic E-state index is 6.16. The number of rotatable bonds is 5. The third-order valence-corrected chi connectivity index (χ3v) is 6.57. The molecule has 0 unspecified atom stereocenters. The number of benzene rings is 3. The van der Waals surface area contributed by atoms with E-state index in [1.165, 1.54) is 5.56 Å². The van der Waals surface area contributed by atoms with Crippen molar-refractivity contribution in [2.24, 2.45) is 0 Å². The molecule has 0 spiro atoms. The van der Waals surface area contributed by atoms with Crippen LogP contribution in [0.5, 0.6) is 0 Å². The second-order valence-corrected chi connectivity index (χ2v) is 9.17. The van der Waals surface area contributed by atoms with Crippen LogP contribution in [0.3, 0.4) is 0 Å². The molecule has 1 aliphatic rings. The van der Waals surface area contributed by atoms with Gasteiger partial charge in [0.15, 0.2) is 11.6 Å². The SMILES string of the molecule is Clc1cccc(CN2CCN(c3nc4ccccc4nc3Nc3ccccc3Br)CC2)c1. The van der Waals surface area contributed by atoms with E-state index in [1.807, 2.05) is 66.7 Å². The van der Waals surface area contributed by atoms with Crippen LogP contribution in [0.2, 0.25) is 5.02 Å². The maximum absolute atomic E-state index is 6.16. The Hall–Kier alpha value is -2.67. The molecule has 1 fully saturated rings. The van der Waals surface area contributed by atoms with Crippen molar-refractivity contribution in [3.63, 3.8) is 0 Å². The summed E-state index contributed by atoms with van der Waals surface area (Å²) in [5.74, 6) is 1.67. The van der Waals surface area contributed by atoms with E-state index in [0.29, 0.717) is 0 Å². The maximum Gasteiger partial charge on any atom is 0.174 e. The van der Waals surface area contributed by atoms with Gasteiger partial charge in [0.25, 0.3) is 0 Å². The summed E-state index contributed by atoms with van der Waals surface area (Å²) in [5, 5.41) is 4.28. The van der Waals surface area contributed by atoms with Crippen molar-refractivity contribution < 1.29 is 0 Å². The lowest BCUT2D eigenvalue weighted by atomic mass is 10.2. The monoisotopic (exact) mass is 507 g/mol. The molecule has 0 saturated carbocycles. The molecule has 1 N–H and O–H groups in total. The lowest BCUT2D eigenvalue weighted by molar-refractivity contribution is 0.249. The Kier molecular flexibility index (Phi) is 6.26. The number of aromatic nitrogens is 2. The van der Waals surface area contributed by atoms with Crippen molar-refractivity contribution in [3.05, 3.63) is 87.9 Å². The van der Waals surface area contributed by atoms with Gasteiger partial charge < -0.3 is 10.2 Å². The Labute approximate surface area is 201 Å². The van der Waals surface area contributed by atoms with Crippen LogP contribution in [-0.2, 0) is 6.54 Å². The largest absolute Gasteiger partial charge is 0.351 e. The van der Waals surface area contributed by atoms with Gasteiger partial charge in [-0.1, -0.05) is 48.0 Å². The van der Waals surface area contributed by atoms with Crippen molar-refractivity contribution in [2.45, 2.75) is 6.54 Å². The molecule has 3 aromatic carbocycles. The van der Waals surface area contributed by atoms with Crippen molar-refractivity contribution in [3.8, 4) is 0 Å². The van der Waals surface area contributed by atoms with Gasteiger partial charge in [0.1, 0.15) is 0 Å². The number of nitrogens with one attached hydrogen (secondary N) is 1. The van der Waals surface area contributed by atoms with Crippen molar-refractivity contribution >= 4 is 55.9 Å². The van der Waals surface area contributed by atoms with E-state index in [0.717, 1.165) is 70.6 Å². The quantitative estimate of drug-likeness (QED) is 0.352. The normalized spacial score (nSPS) is 14.6. The van der Waals surface area contributed by atoms with E-state index in [1.54, 1.807) is 0 Å². The lowest BCUT2D eigenvalue weighted by Gasteiger charge is -2.36. The average Bonchev–Trinajstić information content (AvgIpc) is 2.81. The lowest BCUT2D eigenvalue weighted by Crippen LogP contribution is -2.46. The Morgan fingerprint density at radius 2 is 1.56 bits per heavy atom. The number of fused-ring (bicyclic) bond motifs is 1. The number of halogens is 2. The van der Waals surface area contributed by atoms with Gasteiger partial charge in [0.2, 0.25) is 0 Å². The standard InChI is InChI=1S/C25H23BrClN5/c26-20-8-1-2-9-21(20)28-24-25(30-23-11-4-3-10-22(23)29-24)32-14-12-31(13-15-32)17-18-6-5-7-19(27)16-18/h1-11,16H,12-15,17H2,(H,28,29). The summed E-state index contributed by atoms with van der Waals surface area (Å²) >= 11 is 9.78. The number of hydrogen-bond donors (Lipinski definition) is 1. The number of nitrogens with zero attached hydrogens (tertiary/aromatic N) is 4. The Morgan fingerprint density at radius 3 is 2.31 bits per heavy atom. The van der Waals surface area contributed by atoms with Crippen LogP contribution >= 0.6 is 27.5 Å². The topological polar surface area (TPSA) is 44.3 Å². The zero-order chi connectivity index (χ0) is 21.9. The second-order valence-electron chi connectivity index (χ2n) is 7.88. The molecule has 162 valence electrons. The van der Waals surface area contributed by atoms with Gasteiger partial charge >= 0.3 is 0 Å². The summed E-state index contributed by atoms with van der Waals surface area (Å²) in [6.07, 6.45) is 0. The summed E-state index contributed by atoms with van der Waals surface area (Å²) in [4.78, 5) is 14.7. The molecule has 7 heteroatoms. The fourth-order valence-electron chi connectivity index (χ4n) is 4.00. The fourth-order valence-corrected chi connectivity index (χ4v) is 4.59. The molecule has 1 aromatic heterocycles. The molecule has 32 heavy (non-hydrogen) atoms. The molecule has 1 saturated heterocycles. The first-order chi connectivity index (χ1) is 15.7. The van der Waals surface area contributed by atoms with Crippen LogP contribution in [0.4, 0.5) is 17.3 Å². The molecule has 0 atom stereocenters. The molecular formula is C25H23BrClN5. The van der Waals surface area contributed by atoms with Crippen molar-refractivity contribution in [2.75, 3.05) is 36.4 Å². The summed E-state index contributed by atoms with van der Waals surface area (Å²) in [6, 6.07) is 24.2. The van der Waals surface area contributed by atoms with Gasteiger partial charge in [0.05, 0.1) is 16.7 Å². The molecule has 4 aromatic rings. The highest BCUT2D eigenvalue weighted by molar-refractivity contribution is 9.10. The first-order valence-corrected chi connectivity index (χ1v) is 11.8. The minimum absolute atomic E-state index is 0.777. The van der Waals surface area contributed by atoms with Crippen LogP contribution in [0.1, 0.15) is 5.56 Å². The van der Waals surface area contributed by atoms with Crippen molar-refractivity contribution in [1.29, 1.82) is 0 Å². The predicted octanol–water partition coefficient (Wildman–Crippen LogP) is 6.11. The Morgan fingerprint density at radius 1 is 0.844 bits per heavy atom. The molecule has 5 rings (SSSR count). The van der Waals surface area contributed by atoms with Gasteiger partial charge in [-0.05, 0) is 57.9 Å². The molecule has 0 radical (unpaired) electrons. The minimum Gasteiger partial charge on any atom is -0.351 e. The first-order valence-electron chi connectivity index (χ1n) is 10.7.